The van der Waals surface area contributed by atoms with E-state index in [2.05, 4.69) is 11.6 Å². The van der Waals surface area contributed by atoms with E-state index in [0.717, 1.165) is 0 Å². The van der Waals surface area contributed by atoms with Gasteiger partial charge < -0.3 is 0 Å². The number of hydrogen-bond acceptors (Lipinski definition) is 1. The molecule has 0 unspecified atom stereocenters. The van der Waals surface area contributed by atoms with Crippen molar-refractivity contribution in [2.45, 2.75) is 4.28 Å². The van der Waals surface area contributed by atoms with Gasteiger partial charge in [-0.05, 0) is 0 Å². The average Bonchev–Trinajstić information content (AvgIpc) is 1.30. The van der Waals surface area contributed by atoms with Crippen molar-refractivity contribution in [1.82, 2.24) is 0 Å². The summed E-state index contributed by atoms with van der Waals surface area (Å²) in [6, 6.07) is 0. The summed E-state index contributed by atoms with van der Waals surface area (Å²) in [5.74, 6) is 0. The molecule has 40 valence electrons. The summed E-state index contributed by atoms with van der Waals surface area (Å²) < 4.78 is 19.3. The van der Waals surface area contributed by atoms with Crippen LogP contribution >= 0.6 is 11.6 Å². The fourth-order valence-corrected chi connectivity index (χ4v) is 0.448. The van der Waals surface area contributed by atoms with E-state index in [-0.39, 0.29) is 0 Å². The minimum atomic E-state index is -3.28. The predicted octanol–water partition coefficient (Wildman–Crippen LogP) is 0.961. The molecule has 0 aromatic carbocycles. The van der Waals surface area contributed by atoms with E-state index in [1.807, 2.05) is 0 Å². The second kappa shape index (κ2) is 2.46. The Labute approximate surface area is 50.4 Å². The van der Waals surface area contributed by atoms with Gasteiger partial charge in [0.1, 0.15) is 0 Å². The molecular formula is C2ClF2NSe. The van der Waals surface area contributed by atoms with Crippen LogP contribution in [0.5, 0.6) is 0 Å². The number of halogens is 3. The van der Waals surface area contributed by atoms with Crippen molar-refractivity contribution in [3.05, 3.63) is 0 Å². The minimum absolute atomic E-state index is 1.29. The first-order valence-corrected chi connectivity index (χ1v) is 3.29. The third-order valence-corrected chi connectivity index (χ3v) is 1.24. The SMILES string of the molecule is N#C[Se]C(F)(F)Cl. The monoisotopic (exact) mass is 191 g/mol. The van der Waals surface area contributed by atoms with Crippen molar-refractivity contribution in [3.63, 3.8) is 0 Å². The third kappa shape index (κ3) is 6.16. The van der Waals surface area contributed by atoms with Crippen molar-refractivity contribution in [1.29, 1.82) is 5.26 Å². The molecule has 0 N–H and O–H groups in total. The third-order valence-electron chi connectivity index (χ3n) is 0.161. The summed E-state index contributed by atoms with van der Waals surface area (Å²) in [5.41, 5.74) is 0. The number of alkyl halides is 3. The number of rotatable bonds is 1. The number of nitriles is 1. The molecule has 0 bridgehead atoms. The predicted molar refractivity (Wildman–Crippen MR) is 22.2 cm³/mol. The van der Waals surface area contributed by atoms with Gasteiger partial charge >= 0.3 is 49.8 Å². The molecule has 0 aliphatic rings. The van der Waals surface area contributed by atoms with E-state index >= 15 is 0 Å². The van der Waals surface area contributed by atoms with E-state index in [4.69, 9.17) is 5.26 Å². The first kappa shape index (κ1) is 7.16. The molecule has 0 aromatic heterocycles. The molecular weight excluding hydrogens is 190 g/mol. The van der Waals surface area contributed by atoms with Crippen molar-refractivity contribution < 1.29 is 8.78 Å². The zero-order valence-electron chi connectivity index (χ0n) is 2.99. The van der Waals surface area contributed by atoms with Crippen molar-refractivity contribution in [2.75, 3.05) is 0 Å². The van der Waals surface area contributed by atoms with Gasteiger partial charge in [0.2, 0.25) is 0 Å². The molecule has 0 heterocycles. The van der Waals surface area contributed by atoms with Crippen LogP contribution in [0.25, 0.3) is 0 Å². The summed E-state index contributed by atoms with van der Waals surface area (Å²) in [7, 11) is 0. The second-order valence-electron chi connectivity index (χ2n) is 0.639. The van der Waals surface area contributed by atoms with E-state index in [1.165, 1.54) is 4.97 Å². The van der Waals surface area contributed by atoms with Gasteiger partial charge in [-0.25, -0.2) is 0 Å². The summed E-state index contributed by atoms with van der Waals surface area (Å²) in [6.45, 7) is 0. The Kier molecular flexibility index (Phi) is 2.52. The Balaban J connectivity index is 3.40. The fraction of sp³-hybridized carbons (Fsp3) is 0.500. The maximum absolute atomic E-state index is 11.3. The molecule has 0 saturated heterocycles. The van der Waals surface area contributed by atoms with Gasteiger partial charge in [-0.1, -0.05) is 0 Å². The van der Waals surface area contributed by atoms with Gasteiger partial charge in [-0.3, -0.25) is 0 Å². The van der Waals surface area contributed by atoms with E-state index in [0.29, 0.717) is 0 Å². The zero-order valence-corrected chi connectivity index (χ0v) is 5.46. The topological polar surface area (TPSA) is 23.8 Å². The molecule has 1 nitrogen and oxygen atoms in total. The van der Waals surface area contributed by atoms with Crippen molar-refractivity contribution in [3.8, 4) is 4.97 Å². The van der Waals surface area contributed by atoms with Crippen LogP contribution in [-0.2, 0) is 0 Å². The molecule has 0 spiro atoms. The maximum atomic E-state index is 11.3. The van der Waals surface area contributed by atoms with Gasteiger partial charge in [0.15, 0.2) is 0 Å². The Morgan fingerprint density at radius 3 is 2.14 bits per heavy atom. The van der Waals surface area contributed by atoms with Gasteiger partial charge in [0.05, 0.1) is 0 Å². The first-order chi connectivity index (χ1) is 3.06. The Morgan fingerprint density at radius 1 is 1.71 bits per heavy atom. The van der Waals surface area contributed by atoms with Gasteiger partial charge in [0.25, 0.3) is 0 Å². The van der Waals surface area contributed by atoms with Crippen LogP contribution in [-0.4, -0.2) is 19.2 Å². The summed E-state index contributed by atoms with van der Waals surface area (Å²) in [5, 5.41) is 7.62. The summed E-state index contributed by atoms with van der Waals surface area (Å²) >= 11 is 2.90. The fourth-order valence-electron chi connectivity index (χ4n) is 0.0518. The molecule has 0 aliphatic heterocycles. The second-order valence-corrected chi connectivity index (χ2v) is 3.51. The molecule has 0 fully saturated rings. The number of hydrogen-bond donors (Lipinski definition) is 0. The van der Waals surface area contributed by atoms with Crippen LogP contribution in [0.15, 0.2) is 0 Å². The summed E-state index contributed by atoms with van der Waals surface area (Å²) in [4.78, 5) is 1.29. The van der Waals surface area contributed by atoms with Crippen LogP contribution in [0.4, 0.5) is 8.78 Å². The standard InChI is InChI=1S/C2ClF2NSe/c3-2(4,5)7-1-6. The van der Waals surface area contributed by atoms with Crippen LogP contribution in [0, 0.1) is 10.2 Å². The Hall–Kier alpha value is 0.159. The van der Waals surface area contributed by atoms with Crippen molar-refractivity contribution >= 4 is 26.6 Å². The Bertz CT molecular complexity index is 92.8. The molecule has 0 radical (unpaired) electrons. The van der Waals surface area contributed by atoms with E-state index in [1.54, 1.807) is 0 Å². The molecule has 0 aliphatic carbocycles. The van der Waals surface area contributed by atoms with E-state index < -0.39 is 19.2 Å². The molecule has 0 rings (SSSR count). The van der Waals surface area contributed by atoms with Crippen LogP contribution in [0.2, 0.25) is 0 Å². The van der Waals surface area contributed by atoms with Gasteiger partial charge in [-0.15, -0.1) is 0 Å². The first-order valence-electron chi connectivity index (χ1n) is 1.20. The average molecular weight is 190 g/mol. The van der Waals surface area contributed by atoms with E-state index in [9.17, 15) is 8.78 Å². The van der Waals surface area contributed by atoms with Crippen LogP contribution in [0.1, 0.15) is 0 Å². The zero-order chi connectivity index (χ0) is 5.91. The van der Waals surface area contributed by atoms with Crippen molar-refractivity contribution in [2.24, 2.45) is 0 Å². The van der Waals surface area contributed by atoms with Gasteiger partial charge in [0, 0.05) is 0 Å². The normalized spacial score (nSPS) is 10.6. The molecule has 0 saturated carbocycles. The molecule has 7 heavy (non-hydrogen) atoms. The van der Waals surface area contributed by atoms with Crippen LogP contribution < -0.4 is 0 Å². The molecule has 0 aromatic rings. The van der Waals surface area contributed by atoms with Crippen LogP contribution in [0.3, 0.4) is 0 Å². The quantitative estimate of drug-likeness (QED) is 0.446. The van der Waals surface area contributed by atoms with Gasteiger partial charge in [-0.2, -0.15) is 0 Å². The summed E-state index contributed by atoms with van der Waals surface area (Å²) in [6.07, 6.45) is 0. The molecule has 0 atom stereocenters. The molecule has 0 amide bonds. The molecule has 5 heteroatoms. The number of nitrogens with zero attached hydrogens (tertiary/aromatic N) is 1. The Morgan fingerprint density at radius 2 is 2.14 bits per heavy atom.